The smallest absolute Gasteiger partial charge is 0.0557 e. The van der Waals surface area contributed by atoms with Crippen LogP contribution < -0.4 is 5.73 Å². The number of hydrogen-bond donors (Lipinski definition) is 1. The lowest BCUT2D eigenvalue weighted by molar-refractivity contribution is 0.00845. The molecule has 1 fully saturated rings. The van der Waals surface area contributed by atoms with E-state index in [0.717, 1.165) is 18.9 Å². The molecule has 11 heavy (non-hydrogen) atoms. The molecule has 0 saturated carbocycles. The van der Waals surface area contributed by atoms with Gasteiger partial charge in [-0.25, -0.2) is 0 Å². The lowest BCUT2D eigenvalue weighted by Crippen LogP contribution is -2.24. The Morgan fingerprint density at radius 3 is 2.73 bits per heavy atom. The van der Waals surface area contributed by atoms with Crippen molar-refractivity contribution in [1.82, 2.24) is 0 Å². The van der Waals surface area contributed by atoms with E-state index in [1.54, 1.807) is 0 Å². The van der Waals surface area contributed by atoms with Crippen molar-refractivity contribution in [3.8, 4) is 0 Å². The molecule has 1 aromatic rings. The molecule has 0 aromatic heterocycles. The molecule has 2 N–H and O–H groups in total. The quantitative estimate of drug-likeness (QED) is 0.612. The molecule has 1 aromatic carbocycles. The maximum absolute atomic E-state index is 5.63. The van der Waals surface area contributed by atoms with Gasteiger partial charge >= 0.3 is 0 Å². The molecule has 1 saturated heterocycles. The van der Waals surface area contributed by atoms with Crippen molar-refractivity contribution in [2.24, 2.45) is 0 Å². The Morgan fingerprint density at radius 2 is 2.18 bits per heavy atom. The molecule has 0 spiro atoms. The Morgan fingerprint density at radius 1 is 1.36 bits per heavy atom. The summed E-state index contributed by atoms with van der Waals surface area (Å²) in [5.41, 5.74) is 7.78. The summed E-state index contributed by atoms with van der Waals surface area (Å²) in [6.45, 7) is 1.70. The first-order chi connectivity index (χ1) is 5.36. The minimum absolute atomic E-state index is 0.582. The molecule has 58 valence electrons. The fourth-order valence-electron chi connectivity index (χ4n) is 1.24. The molecule has 1 heterocycles. The van der Waals surface area contributed by atoms with E-state index >= 15 is 0 Å². The van der Waals surface area contributed by atoms with Crippen molar-refractivity contribution in [1.29, 1.82) is 0 Å². The molecule has 0 radical (unpaired) electrons. The largest absolute Gasteiger partial charge is 0.399 e. The number of anilines is 1. The van der Waals surface area contributed by atoms with Gasteiger partial charge in [-0.3, -0.25) is 0 Å². The summed E-state index contributed by atoms with van der Waals surface area (Å²) in [6, 6.07) is 8.02. The van der Waals surface area contributed by atoms with Crippen LogP contribution in [0.2, 0.25) is 0 Å². The summed E-state index contributed by atoms with van der Waals surface area (Å²) >= 11 is 0. The van der Waals surface area contributed by atoms with Gasteiger partial charge in [0, 0.05) is 11.6 Å². The zero-order valence-electron chi connectivity index (χ0n) is 6.29. The maximum atomic E-state index is 5.63. The molecular weight excluding hydrogens is 138 g/mol. The summed E-state index contributed by atoms with van der Waals surface area (Å²) < 4.78 is 5.09. The summed E-state index contributed by atoms with van der Waals surface area (Å²) in [5, 5.41) is 0. The van der Waals surface area contributed by atoms with E-state index < -0.39 is 0 Å². The van der Waals surface area contributed by atoms with E-state index in [1.807, 2.05) is 18.2 Å². The second kappa shape index (κ2) is 2.55. The highest BCUT2D eigenvalue weighted by Crippen LogP contribution is 2.24. The van der Waals surface area contributed by atoms with Gasteiger partial charge in [0.05, 0.1) is 13.2 Å². The fraction of sp³-hybridized carbons (Fsp3) is 0.333. The molecule has 1 aliphatic heterocycles. The lowest BCUT2D eigenvalue weighted by Gasteiger charge is -2.26. The van der Waals surface area contributed by atoms with Crippen LogP contribution in [0.25, 0.3) is 0 Å². The molecule has 2 rings (SSSR count). The van der Waals surface area contributed by atoms with E-state index in [1.165, 1.54) is 5.56 Å². The Labute approximate surface area is 66.0 Å². The van der Waals surface area contributed by atoms with E-state index in [4.69, 9.17) is 10.5 Å². The predicted molar refractivity (Wildman–Crippen MR) is 44.4 cm³/mol. The third-order valence-corrected chi connectivity index (χ3v) is 2.02. The van der Waals surface area contributed by atoms with Crippen molar-refractivity contribution in [3.05, 3.63) is 29.8 Å². The van der Waals surface area contributed by atoms with Gasteiger partial charge in [-0.05, 0) is 17.7 Å². The second-order valence-corrected chi connectivity index (χ2v) is 2.90. The first-order valence-electron chi connectivity index (χ1n) is 3.79. The molecule has 0 atom stereocenters. The van der Waals surface area contributed by atoms with Gasteiger partial charge in [-0.15, -0.1) is 0 Å². The molecular formula is C9H11NO. The number of ether oxygens (including phenoxy) is 1. The van der Waals surface area contributed by atoms with Gasteiger partial charge in [0.15, 0.2) is 0 Å². The molecule has 0 bridgehead atoms. The monoisotopic (exact) mass is 149 g/mol. The van der Waals surface area contributed by atoms with E-state index in [0.29, 0.717) is 5.92 Å². The standard InChI is InChI=1S/C9H11NO/c10-9-3-1-2-7(4-9)8-5-11-6-8/h1-4,8H,5-6,10H2. The summed E-state index contributed by atoms with van der Waals surface area (Å²) in [6.07, 6.45) is 0. The van der Waals surface area contributed by atoms with Crippen molar-refractivity contribution < 1.29 is 4.74 Å². The number of nitrogen functional groups attached to an aromatic ring is 1. The molecule has 0 unspecified atom stereocenters. The van der Waals surface area contributed by atoms with E-state index in [9.17, 15) is 0 Å². The average Bonchev–Trinajstić information content (AvgIpc) is 1.83. The minimum atomic E-state index is 0.582. The van der Waals surface area contributed by atoms with Crippen LogP contribution in [0.3, 0.4) is 0 Å². The SMILES string of the molecule is Nc1cccc(C2COC2)c1. The van der Waals surface area contributed by atoms with Crippen molar-refractivity contribution >= 4 is 5.69 Å². The van der Waals surface area contributed by atoms with Gasteiger partial charge in [0.25, 0.3) is 0 Å². The predicted octanol–water partition coefficient (Wildman–Crippen LogP) is 1.38. The van der Waals surface area contributed by atoms with Gasteiger partial charge in [0.1, 0.15) is 0 Å². The topological polar surface area (TPSA) is 35.2 Å². The normalized spacial score (nSPS) is 17.8. The maximum Gasteiger partial charge on any atom is 0.0557 e. The molecule has 0 amide bonds. The fourth-order valence-corrected chi connectivity index (χ4v) is 1.24. The molecule has 2 heteroatoms. The van der Waals surface area contributed by atoms with Gasteiger partial charge in [-0.1, -0.05) is 12.1 Å². The van der Waals surface area contributed by atoms with Crippen molar-refractivity contribution in [2.45, 2.75) is 5.92 Å². The Bertz CT molecular complexity index is 255. The summed E-state index contributed by atoms with van der Waals surface area (Å²) in [4.78, 5) is 0. The molecule has 2 nitrogen and oxygen atoms in total. The van der Waals surface area contributed by atoms with Crippen LogP contribution in [0.1, 0.15) is 11.5 Å². The van der Waals surface area contributed by atoms with Crippen LogP contribution in [0, 0.1) is 0 Å². The third-order valence-electron chi connectivity index (χ3n) is 2.02. The van der Waals surface area contributed by atoms with Crippen LogP contribution in [-0.2, 0) is 4.74 Å². The zero-order valence-corrected chi connectivity index (χ0v) is 6.29. The average molecular weight is 149 g/mol. The first kappa shape index (κ1) is 6.68. The summed E-state index contributed by atoms with van der Waals surface area (Å²) in [7, 11) is 0. The van der Waals surface area contributed by atoms with Gasteiger partial charge in [0.2, 0.25) is 0 Å². The minimum Gasteiger partial charge on any atom is -0.399 e. The van der Waals surface area contributed by atoms with E-state index in [-0.39, 0.29) is 0 Å². The van der Waals surface area contributed by atoms with Gasteiger partial charge < -0.3 is 10.5 Å². The van der Waals surface area contributed by atoms with Crippen LogP contribution in [0.4, 0.5) is 5.69 Å². The summed E-state index contributed by atoms with van der Waals surface area (Å²) in [5.74, 6) is 0.582. The van der Waals surface area contributed by atoms with Crippen LogP contribution >= 0.6 is 0 Å². The molecule has 1 aliphatic rings. The Balaban J connectivity index is 2.23. The Hall–Kier alpha value is -1.02. The van der Waals surface area contributed by atoms with E-state index in [2.05, 4.69) is 6.07 Å². The number of benzene rings is 1. The zero-order chi connectivity index (χ0) is 7.68. The number of hydrogen-bond acceptors (Lipinski definition) is 2. The highest BCUT2D eigenvalue weighted by molar-refractivity contribution is 5.42. The van der Waals surface area contributed by atoms with Crippen LogP contribution in [-0.4, -0.2) is 13.2 Å². The number of nitrogens with two attached hydrogens (primary N) is 1. The van der Waals surface area contributed by atoms with Crippen LogP contribution in [0.5, 0.6) is 0 Å². The van der Waals surface area contributed by atoms with Crippen LogP contribution in [0.15, 0.2) is 24.3 Å². The highest BCUT2D eigenvalue weighted by Gasteiger charge is 2.19. The second-order valence-electron chi connectivity index (χ2n) is 2.90. The molecule has 0 aliphatic carbocycles. The highest BCUT2D eigenvalue weighted by atomic mass is 16.5. The lowest BCUT2D eigenvalue weighted by atomic mass is 9.97. The van der Waals surface area contributed by atoms with Crippen molar-refractivity contribution in [2.75, 3.05) is 18.9 Å². The van der Waals surface area contributed by atoms with Crippen molar-refractivity contribution in [3.63, 3.8) is 0 Å². The first-order valence-corrected chi connectivity index (χ1v) is 3.79. The Kier molecular flexibility index (Phi) is 1.55. The number of rotatable bonds is 1. The third kappa shape index (κ3) is 1.21. The van der Waals surface area contributed by atoms with Gasteiger partial charge in [-0.2, -0.15) is 0 Å².